The Labute approximate surface area is 172 Å². The molecule has 1 aliphatic heterocycles. The SMILES string of the molecule is O=C(CNc1ccc(SC(F)F)cc1)c1cccc(S(=O)(=O)N2CCOCC2)c1. The monoisotopic (exact) mass is 442 g/mol. The van der Waals surface area contributed by atoms with E-state index < -0.39 is 15.8 Å². The van der Waals surface area contributed by atoms with Crippen LogP contribution in [-0.2, 0) is 14.8 Å². The Kier molecular flexibility index (Phi) is 7.23. The fourth-order valence-corrected chi connectivity index (χ4v) is 4.76. The summed E-state index contributed by atoms with van der Waals surface area (Å²) in [6.45, 7) is 1.19. The first-order valence-electron chi connectivity index (χ1n) is 8.86. The molecule has 0 saturated carbocycles. The summed E-state index contributed by atoms with van der Waals surface area (Å²) in [4.78, 5) is 13.0. The van der Waals surface area contributed by atoms with Crippen LogP contribution in [0.5, 0.6) is 0 Å². The minimum absolute atomic E-state index is 0.0532. The van der Waals surface area contributed by atoms with Crippen LogP contribution >= 0.6 is 11.8 Å². The predicted molar refractivity (Wildman–Crippen MR) is 107 cm³/mol. The highest BCUT2D eigenvalue weighted by atomic mass is 32.2. The van der Waals surface area contributed by atoms with Crippen LogP contribution in [0.25, 0.3) is 0 Å². The van der Waals surface area contributed by atoms with Gasteiger partial charge in [0.05, 0.1) is 24.7 Å². The Morgan fingerprint density at radius 2 is 1.83 bits per heavy atom. The molecule has 1 saturated heterocycles. The van der Waals surface area contributed by atoms with Crippen molar-refractivity contribution in [2.75, 3.05) is 38.2 Å². The molecule has 1 aliphatic rings. The van der Waals surface area contributed by atoms with Gasteiger partial charge in [-0.25, -0.2) is 8.42 Å². The maximum absolute atomic E-state index is 12.7. The molecule has 0 spiro atoms. The third-order valence-corrected chi connectivity index (χ3v) is 6.91. The van der Waals surface area contributed by atoms with Crippen molar-refractivity contribution in [3.8, 4) is 0 Å². The number of hydrogen-bond donors (Lipinski definition) is 1. The second kappa shape index (κ2) is 9.66. The summed E-state index contributed by atoms with van der Waals surface area (Å²) in [7, 11) is -3.68. The van der Waals surface area contributed by atoms with Crippen molar-refractivity contribution < 1.29 is 26.7 Å². The number of nitrogens with zero attached hydrogens (tertiary/aromatic N) is 1. The molecule has 2 aromatic carbocycles. The summed E-state index contributed by atoms with van der Waals surface area (Å²) in [6, 6.07) is 12.2. The Morgan fingerprint density at radius 3 is 2.48 bits per heavy atom. The highest BCUT2D eigenvalue weighted by Gasteiger charge is 2.26. The average Bonchev–Trinajstić information content (AvgIpc) is 2.73. The summed E-state index contributed by atoms with van der Waals surface area (Å²) in [5.74, 6) is -2.77. The summed E-state index contributed by atoms with van der Waals surface area (Å²) >= 11 is 0.447. The number of anilines is 1. The molecule has 0 bridgehead atoms. The number of benzene rings is 2. The van der Waals surface area contributed by atoms with E-state index in [9.17, 15) is 22.0 Å². The van der Waals surface area contributed by atoms with Gasteiger partial charge in [0.1, 0.15) is 0 Å². The molecular formula is C19H20F2N2O4S2. The van der Waals surface area contributed by atoms with Crippen molar-refractivity contribution in [2.45, 2.75) is 15.5 Å². The third-order valence-electron chi connectivity index (χ3n) is 4.30. The zero-order valence-electron chi connectivity index (χ0n) is 15.4. The number of hydrogen-bond acceptors (Lipinski definition) is 6. The van der Waals surface area contributed by atoms with Crippen LogP contribution < -0.4 is 5.32 Å². The topological polar surface area (TPSA) is 75.7 Å². The first-order valence-corrected chi connectivity index (χ1v) is 11.2. The number of Topliss-reactive ketones (excluding diaryl/α,β-unsaturated/α-hetero) is 1. The molecule has 0 atom stereocenters. The molecule has 1 fully saturated rings. The van der Waals surface area contributed by atoms with E-state index in [1.54, 1.807) is 30.3 Å². The van der Waals surface area contributed by atoms with E-state index in [0.717, 1.165) is 0 Å². The fourth-order valence-electron chi connectivity index (χ4n) is 2.80. The van der Waals surface area contributed by atoms with E-state index in [2.05, 4.69) is 5.32 Å². The summed E-state index contributed by atoms with van der Waals surface area (Å²) in [6.07, 6.45) is 0. The van der Waals surface area contributed by atoms with Crippen LogP contribution in [0.3, 0.4) is 0 Å². The molecule has 0 aliphatic carbocycles. The molecule has 10 heteroatoms. The standard InChI is InChI=1S/C19H20F2N2O4S2/c20-19(21)28-16-6-4-15(5-7-16)22-13-18(24)14-2-1-3-17(12-14)29(25,26)23-8-10-27-11-9-23/h1-7,12,19,22H,8-11,13H2. The number of sulfonamides is 1. The number of halogens is 2. The van der Waals surface area contributed by atoms with Crippen molar-refractivity contribution >= 4 is 33.3 Å². The molecule has 29 heavy (non-hydrogen) atoms. The molecule has 1 N–H and O–H groups in total. The van der Waals surface area contributed by atoms with Crippen molar-refractivity contribution in [2.24, 2.45) is 0 Å². The number of carbonyl (C=O) groups is 1. The number of alkyl halides is 2. The number of ketones is 1. The molecule has 6 nitrogen and oxygen atoms in total. The van der Waals surface area contributed by atoms with Gasteiger partial charge in [-0.2, -0.15) is 13.1 Å². The first-order chi connectivity index (χ1) is 13.9. The lowest BCUT2D eigenvalue weighted by molar-refractivity contribution is 0.0730. The lowest BCUT2D eigenvalue weighted by atomic mass is 10.1. The fraction of sp³-hybridized carbons (Fsp3) is 0.316. The molecule has 2 aromatic rings. The Morgan fingerprint density at radius 1 is 1.14 bits per heavy atom. The zero-order valence-corrected chi connectivity index (χ0v) is 17.0. The third kappa shape index (κ3) is 5.75. The van der Waals surface area contributed by atoms with E-state index in [1.165, 1.54) is 22.5 Å². The van der Waals surface area contributed by atoms with Gasteiger partial charge in [0, 0.05) is 29.2 Å². The molecular weight excluding hydrogens is 422 g/mol. The summed E-state index contributed by atoms with van der Waals surface area (Å²) < 4.78 is 56.7. The van der Waals surface area contributed by atoms with Crippen LogP contribution in [0.1, 0.15) is 10.4 Å². The highest BCUT2D eigenvalue weighted by Crippen LogP contribution is 2.26. The largest absolute Gasteiger partial charge is 0.379 e. The number of ether oxygens (including phenoxy) is 1. The van der Waals surface area contributed by atoms with Crippen LogP contribution in [0, 0.1) is 0 Å². The minimum atomic E-state index is -3.68. The number of thioether (sulfide) groups is 1. The Balaban J connectivity index is 1.65. The van der Waals surface area contributed by atoms with Crippen LogP contribution in [-0.4, -0.2) is 57.1 Å². The molecule has 0 radical (unpaired) electrons. The lowest BCUT2D eigenvalue weighted by Crippen LogP contribution is -2.40. The van der Waals surface area contributed by atoms with E-state index in [4.69, 9.17) is 4.74 Å². The van der Waals surface area contributed by atoms with Gasteiger partial charge in [-0.1, -0.05) is 23.9 Å². The second-order valence-corrected chi connectivity index (χ2v) is 9.23. The maximum Gasteiger partial charge on any atom is 0.288 e. The van der Waals surface area contributed by atoms with E-state index in [1.807, 2.05) is 0 Å². The zero-order chi connectivity index (χ0) is 20.9. The first kappa shape index (κ1) is 21.7. The van der Waals surface area contributed by atoms with E-state index in [0.29, 0.717) is 35.6 Å². The van der Waals surface area contributed by atoms with Crippen LogP contribution in [0.2, 0.25) is 0 Å². The van der Waals surface area contributed by atoms with Gasteiger partial charge < -0.3 is 10.1 Å². The molecule has 0 unspecified atom stereocenters. The minimum Gasteiger partial charge on any atom is -0.379 e. The molecule has 156 valence electrons. The number of rotatable bonds is 8. The van der Waals surface area contributed by atoms with Gasteiger partial charge in [-0.15, -0.1) is 0 Å². The van der Waals surface area contributed by atoms with E-state index in [-0.39, 0.29) is 35.9 Å². The summed E-state index contributed by atoms with van der Waals surface area (Å²) in [5, 5.41) is 2.92. The van der Waals surface area contributed by atoms with Crippen molar-refractivity contribution in [3.63, 3.8) is 0 Å². The highest BCUT2D eigenvalue weighted by molar-refractivity contribution is 7.99. The van der Waals surface area contributed by atoms with E-state index >= 15 is 0 Å². The van der Waals surface area contributed by atoms with Gasteiger partial charge in [-0.05, 0) is 36.4 Å². The average molecular weight is 443 g/mol. The lowest BCUT2D eigenvalue weighted by Gasteiger charge is -2.26. The molecule has 3 rings (SSSR count). The number of nitrogens with one attached hydrogen (secondary N) is 1. The molecule has 1 heterocycles. The van der Waals surface area contributed by atoms with Gasteiger partial charge in [-0.3, -0.25) is 4.79 Å². The number of carbonyl (C=O) groups excluding carboxylic acids is 1. The molecule has 0 aromatic heterocycles. The smallest absolute Gasteiger partial charge is 0.288 e. The van der Waals surface area contributed by atoms with Gasteiger partial charge in [0.15, 0.2) is 5.78 Å². The summed E-state index contributed by atoms with van der Waals surface area (Å²) in [5.41, 5.74) is 0.880. The number of morpholine rings is 1. The van der Waals surface area contributed by atoms with Crippen molar-refractivity contribution in [1.29, 1.82) is 0 Å². The molecule has 0 amide bonds. The Hall–Kier alpha value is -2.01. The quantitative estimate of drug-likeness (QED) is 0.499. The normalized spacial score (nSPS) is 15.4. The van der Waals surface area contributed by atoms with Crippen molar-refractivity contribution in [1.82, 2.24) is 4.31 Å². The van der Waals surface area contributed by atoms with Crippen molar-refractivity contribution in [3.05, 3.63) is 54.1 Å². The predicted octanol–water partition coefficient (Wildman–Crippen LogP) is 3.32. The van der Waals surface area contributed by atoms with Crippen LogP contribution in [0.4, 0.5) is 14.5 Å². The van der Waals surface area contributed by atoms with Gasteiger partial charge in [0.25, 0.3) is 5.76 Å². The van der Waals surface area contributed by atoms with Gasteiger partial charge >= 0.3 is 0 Å². The second-order valence-electron chi connectivity index (χ2n) is 6.22. The van der Waals surface area contributed by atoms with Gasteiger partial charge in [0.2, 0.25) is 10.0 Å². The van der Waals surface area contributed by atoms with Crippen LogP contribution in [0.15, 0.2) is 58.3 Å². The maximum atomic E-state index is 12.7. The Bertz CT molecular complexity index is 947.